The number of amides is 1. The summed E-state index contributed by atoms with van der Waals surface area (Å²) in [4.78, 5) is 27.0. The second-order valence-corrected chi connectivity index (χ2v) is 6.62. The monoisotopic (exact) mass is 336 g/mol. The Morgan fingerprint density at radius 1 is 1.08 bits per heavy atom. The number of Topliss-reactive ketones (excluding diaryl/α,β-unsaturated/α-hetero) is 1. The first-order valence-electron chi connectivity index (χ1n) is 8.79. The first-order chi connectivity index (χ1) is 12.1. The number of ketones is 1. The first-order valence-corrected chi connectivity index (χ1v) is 8.79. The standard InChI is InChI=1S/C21H24N2O2/c1-16-9-11-18(12-10-16)20(24)15-23-13-5-8-19(23)21(25)22-14-17-6-3-2-4-7-17/h2-4,6-7,9-12,19H,5,8,13-15H2,1H3,(H,22,25)/t19-/m0/s1. The van der Waals surface area contributed by atoms with E-state index in [-0.39, 0.29) is 17.7 Å². The van der Waals surface area contributed by atoms with Crippen LogP contribution >= 0.6 is 0 Å². The third-order valence-electron chi connectivity index (χ3n) is 4.70. The molecular formula is C21H24N2O2. The number of benzene rings is 2. The van der Waals surface area contributed by atoms with Crippen LogP contribution in [0.3, 0.4) is 0 Å². The maximum absolute atomic E-state index is 12.5. The molecule has 0 spiro atoms. The predicted molar refractivity (Wildman–Crippen MR) is 98.4 cm³/mol. The van der Waals surface area contributed by atoms with Gasteiger partial charge in [-0.05, 0) is 31.9 Å². The number of hydrogen-bond acceptors (Lipinski definition) is 3. The van der Waals surface area contributed by atoms with Crippen LogP contribution < -0.4 is 5.32 Å². The number of hydrogen-bond donors (Lipinski definition) is 1. The molecule has 1 saturated heterocycles. The van der Waals surface area contributed by atoms with Gasteiger partial charge in [-0.3, -0.25) is 14.5 Å². The third-order valence-corrected chi connectivity index (χ3v) is 4.70. The lowest BCUT2D eigenvalue weighted by molar-refractivity contribution is -0.125. The lowest BCUT2D eigenvalue weighted by Crippen LogP contribution is -2.44. The molecule has 4 nitrogen and oxygen atoms in total. The molecule has 0 aliphatic carbocycles. The number of nitrogens with zero attached hydrogens (tertiary/aromatic N) is 1. The highest BCUT2D eigenvalue weighted by atomic mass is 16.2. The molecule has 1 amide bonds. The van der Waals surface area contributed by atoms with Gasteiger partial charge in [-0.1, -0.05) is 60.2 Å². The van der Waals surface area contributed by atoms with Crippen LogP contribution in [0.15, 0.2) is 54.6 Å². The van der Waals surface area contributed by atoms with Gasteiger partial charge >= 0.3 is 0 Å². The summed E-state index contributed by atoms with van der Waals surface area (Å²) in [6, 6.07) is 17.3. The van der Waals surface area contributed by atoms with Crippen LogP contribution in [0.1, 0.15) is 34.3 Å². The Bertz CT molecular complexity index is 725. The minimum atomic E-state index is -0.210. The van der Waals surface area contributed by atoms with E-state index in [4.69, 9.17) is 0 Å². The van der Waals surface area contributed by atoms with Crippen LogP contribution in [0.5, 0.6) is 0 Å². The minimum absolute atomic E-state index is 0.0121. The van der Waals surface area contributed by atoms with Crippen molar-refractivity contribution in [3.63, 3.8) is 0 Å². The van der Waals surface area contributed by atoms with Crippen molar-refractivity contribution >= 4 is 11.7 Å². The van der Waals surface area contributed by atoms with E-state index in [9.17, 15) is 9.59 Å². The molecule has 1 fully saturated rings. The molecule has 130 valence electrons. The summed E-state index contributed by atoms with van der Waals surface area (Å²) < 4.78 is 0. The van der Waals surface area contributed by atoms with Crippen LogP contribution in [0, 0.1) is 6.92 Å². The van der Waals surface area contributed by atoms with Gasteiger partial charge in [0.2, 0.25) is 5.91 Å². The van der Waals surface area contributed by atoms with Crippen LogP contribution in [0.2, 0.25) is 0 Å². The summed E-state index contributed by atoms with van der Waals surface area (Å²) in [6.07, 6.45) is 1.76. The van der Waals surface area contributed by atoms with Crippen molar-refractivity contribution in [3.8, 4) is 0 Å². The SMILES string of the molecule is Cc1ccc(C(=O)CN2CCC[C@H]2C(=O)NCc2ccccc2)cc1. The van der Waals surface area contributed by atoms with E-state index in [2.05, 4.69) is 5.32 Å². The van der Waals surface area contributed by atoms with E-state index in [1.807, 2.05) is 66.4 Å². The Hall–Kier alpha value is -2.46. The molecule has 2 aromatic rings. The predicted octanol–water partition coefficient (Wildman–Crippen LogP) is 2.96. The summed E-state index contributed by atoms with van der Waals surface area (Å²) in [5.74, 6) is 0.0841. The highest BCUT2D eigenvalue weighted by Crippen LogP contribution is 2.18. The lowest BCUT2D eigenvalue weighted by Gasteiger charge is -2.23. The summed E-state index contributed by atoms with van der Waals surface area (Å²) in [6.45, 7) is 3.62. The average molecular weight is 336 g/mol. The van der Waals surface area contributed by atoms with Crippen molar-refractivity contribution in [2.24, 2.45) is 0 Å². The maximum Gasteiger partial charge on any atom is 0.237 e. The summed E-state index contributed by atoms with van der Waals surface area (Å²) >= 11 is 0. The Morgan fingerprint density at radius 2 is 1.80 bits per heavy atom. The molecule has 0 bridgehead atoms. The van der Waals surface area contributed by atoms with Crippen molar-refractivity contribution in [2.75, 3.05) is 13.1 Å². The Morgan fingerprint density at radius 3 is 2.52 bits per heavy atom. The first kappa shape index (κ1) is 17.4. The molecule has 3 rings (SSSR count). The van der Waals surface area contributed by atoms with Crippen LogP contribution in [-0.4, -0.2) is 35.7 Å². The van der Waals surface area contributed by atoms with Gasteiger partial charge in [-0.25, -0.2) is 0 Å². The summed E-state index contributed by atoms with van der Waals surface area (Å²) in [5, 5.41) is 3.00. The molecule has 25 heavy (non-hydrogen) atoms. The molecule has 1 aliphatic rings. The van der Waals surface area contributed by atoms with Crippen LogP contribution in [-0.2, 0) is 11.3 Å². The largest absolute Gasteiger partial charge is 0.351 e. The van der Waals surface area contributed by atoms with E-state index in [0.717, 1.165) is 30.5 Å². The minimum Gasteiger partial charge on any atom is -0.351 e. The smallest absolute Gasteiger partial charge is 0.237 e. The Labute approximate surface area is 148 Å². The zero-order valence-corrected chi connectivity index (χ0v) is 14.6. The highest BCUT2D eigenvalue weighted by molar-refractivity contribution is 5.98. The Kier molecular flexibility index (Phi) is 5.61. The number of nitrogens with one attached hydrogen (secondary N) is 1. The molecular weight excluding hydrogens is 312 g/mol. The van der Waals surface area contributed by atoms with Gasteiger partial charge < -0.3 is 5.32 Å². The molecule has 1 aliphatic heterocycles. The van der Waals surface area contributed by atoms with Gasteiger partial charge in [0.1, 0.15) is 0 Å². The topological polar surface area (TPSA) is 49.4 Å². The van der Waals surface area contributed by atoms with Crippen molar-refractivity contribution in [3.05, 3.63) is 71.3 Å². The molecule has 1 atom stereocenters. The second-order valence-electron chi connectivity index (χ2n) is 6.62. The summed E-state index contributed by atoms with van der Waals surface area (Å²) in [7, 11) is 0. The number of aryl methyl sites for hydroxylation is 1. The molecule has 0 radical (unpaired) electrons. The van der Waals surface area contributed by atoms with E-state index in [0.29, 0.717) is 18.7 Å². The fraction of sp³-hybridized carbons (Fsp3) is 0.333. The van der Waals surface area contributed by atoms with E-state index >= 15 is 0 Å². The highest BCUT2D eigenvalue weighted by Gasteiger charge is 2.31. The van der Waals surface area contributed by atoms with E-state index in [1.165, 1.54) is 0 Å². The van der Waals surface area contributed by atoms with Crippen molar-refractivity contribution < 1.29 is 9.59 Å². The summed E-state index contributed by atoms with van der Waals surface area (Å²) in [5.41, 5.74) is 2.92. The number of carbonyl (C=O) groups is 2. The molecule has 0 aromatic heterocycles. The van der Waals surface area contributed by atoms with Crippen molar-refractivity contribution in [2.45, 2.75) is 32.4 Å². The number of rotatable bonds is 6. The zero-order chi connectivity index (χ0) is 17.6. The van der Waals surface area contributed by atoms with Gasteiger partial charge in [0.05, 0.1) is 12.6 Å². The fourth-order valence-electron chi connectivity index (χ4n) is 3.23. The molecule has 1 N–H and O–H groups in total. The molecule has 2 aromatic carbocycles. The maximum atomic E-state index is 12.5. The molecule has 0 saturated carbocycles. The Balaban J connectivity index is 1.57. The van der Waals surface area contributed by atoms with E-state index in [1.54, 1.807) is 0 Å². The van der Waals surface area contributed by atoms with Crippen molar-refractivity contribution in [1.29, 1.82) is 0 Å². The van der Waals surface area contributed by atoms with Gasteiger partial charge in [0.15, 0.2) is 5.78 Å². The van der Waals surface area contributed by atoms with Crippen molar-refractivity contribution in [1.82, 2.24) is 10.2 Å². The van der Waals surface area contributed by atoms with Gasteiger partial charge in [0, 0.05) is 12.1 Å². The zero-order valence-electron chi connectivity index (χ0n) is 14.6. The number of carbonyl (C=O) groups excluding carboxylic acids is 2. The molecule has 1 heterocycles. The lowest BCUT2D eigenvalue weighted by atomic mass is 10.1. The number of likely N-dealkylation sites (tertiary alicyclic amines) is 1. The molecule has 4 heteroatoms. The third kappa shape index (κ3) is 4.54. The van der Waals surface area contributed by atoms with Gasteiger partial charge in [-0.2, -0.15) is 0 Å². The molecule has 0 unspecified atom stereocenters. The van der Waals surface area contributed by atoms with Crippen LogP contribution in [0.25, 0.3) is 0 Å². The van der Waals surface area contributed by atoms with Gasteiger partial charge in [0.25, 0.3) is 0 Å². The normalized spacial score (nSPS) is 17.4. The van der Waals surface area contributed by atoms with Crippen LogP contribution in [0.4, 0.5) is 0 Å². The fourth-order valence-corrected chi connectivity index (χ4v) is 3.23. The average Bonchev–Trinajstić information content (AvgIpc) is 3.09. The quantitative estimate of drug-likeness (QED) is 0.825. The van der Waals surface area contributed by atoms with Gasteiger partial charge in [-0.15, -0.1) is 0 Å². The second kappa shape index (κ2) is 8.08. The van der Waals surface area contributed by atoms with E-state index < -0.39 is 0 Å².